The van der Waals surface area contributed by atoms with Crippen LogP contribution in [0.3, 0.4) is 0 Å². The average molecular weight is 376 g/mol. The summed E-state index contributed by atoms with van der Waals surface area (Å²) in [5, 5.41) is 6.92. The van der Waals surface area contributed by atoms with Gasteiger partial charge in [0.15, 0.2) is 5.13 Å². The molecule has 0 saturated heterocycles. The molecule has 1 aromatic heterocycles. The number of amides is 1. The van der Waals surface area contributed by atoms with Gasteiger partial charge in [-0.3, -0.25) is 4.79 Å². The summed E-state index contributed by atoms with van der Waals surface area (Å²) < 4.78 is 12.8. The molecule has 0 unspecified atom stereocenters. The Balaban J connectivity index is 1.52. The van der Waals surface area contributed by atoms with E-state index in [0.717, 1.165) is 10.4 Å². The fourth-order valence-corrected chi connectivity index (χ4v) is 3.28. The summed E-state index contributed by atoms with van der Waals surface area (Å²) in [7, 11) is 0. The van der Waals surface area contributed by atoms with Gasteiger partial charge in [0.25, 0.3) is 0 Å². The van der Waals surface area contributed by atoms with E-state index in [1.807, 2.05) is 24.3 Å². The lowest BCUT2D eigenvalue weighted by Gasteiger charge is -2.05. The van der Waals surface area contributed by atoms with Crippen molar-refractivity contribution in [3.63, 3.8) is 0 Å². The van der Waals surface area contributed by atoms with E-state index in [1.165, 1.54) is 23.5 Å². The van der Waals surface area contributed by atoms with Gasteiger partial charge < -0.3 is 10.6 Å². The number of nitrogens with zero attached hydrogens (tertiary/aromatic N) is 1. The van der Waals surface area contributed by atoms with E-state index in [1.54, 1.807) is 18.3 Å². The summed E-state index contributed by atoms with van der Waals surface area (Å²) in [6.45, 7) is 0.0782. The minimum atomic E-state index is -0.315. The summed E-state index contributed by atoms with van der Waals surface area (Å²) >= 11 is 7.40. The third kappa shape index (κ3) is 5.27. The first-order valence-electron chi connectivity index (χ1n) is 7.57. The van der Waals surface area contributed by atoms with Gasteiger partial charge in [0, 0.05) is 28.2 Å². The third-order valence-corrected chi connectivity index (χ3v) is 4.51. The van der Waals surface area contributed by atoms with Gasteiger partial charge >= 0.3 is 0 Å². The molecular formula is C18H15ClFN3OS. The van der Waals surface area contributed by atoms with Crippen molar-refractivity contribution in [1.29, 1.82) is 0 Å². The number of halogens is 2. The molecule has 1 amide bonds. The van der Waals surface area contributed by atoms with Gasteiger partial charge in [-0.1, -0.05) is 23.7 Å². The topological polar surface area (TPSA) is 54.0 Å². The fraction of sp³-hybridized carbons (Fsp3) is 0.111. The molecule has 3 aromatic rings. The molecule has 0 spiro atoms. The maximum absolute atomic E-state index is 12.8. The van der Waals surface area contributed by atoms with Crippen LogP contribution in [0.25, 0.3) is 0 Å². The molecule has 0 atom stereocenters. The molecule has 3 rings (SSSR count). The van der Waals surface area contributed by atoms with E-state index in [9.17, 15) is 9.18 Å². The molecule has 2 aromatic carbocycles. The Bertz CT molecular complexity index is 867. The van der Waals surface area contributed by atoms with Gasteiger partial charge in [0.2, 0.25) is 5.91 Å². The van der Waals surface area contributed by atoms with Crippen molar-refractivity contribution >= 4 is 39.7 Å². The van der Waals surface area contributed by atoms with Crippen LogP contribution in [0.15, 0.2) is 54.7 Å². The van der Waals surface area contributed by atoms with Crippen molar-refractivity contribution in [2.45, 2.75) is 6.42 Å². The molecule has 1 heterocycles. The highest BCUT2D eigenvalue weighted by Crippen LogP contribution is 2.22. The highest BCUT2D eigenvalue weighted by Gasteiger charge is 2.08. The van der Waals surface area contributed by atoms with E-state index < -0.39 is 0 Å². The number of nitrogens with one attached hydrogen (secondary N) is 2. The monoisotopic (exact) mass is 375 g/mol. The van der Waals surface area contributed by atoms with Crippen molar-refractivity contribution in [2.24, 2.45) is 0 Å². The molecule has 7 heteroatoms. The van der Waals surface area contributed by atoms with Gasteiger partial charge in [-0.2, -0.15) is 0 Å². The van der Waals surface area contributed by atoms with Crippen molar-refractivity contribution in [3.8, 4) is 0 Å². The summed E-state index contributed by atoms with van der Waals surface area (Å²) in [6, 6.07) is 13.5. The Morgan fingerprint density at radius 1 is 1.20 bits per heavy atom. The number of hydrogen-bond donors (Lipinski definition) is 2. The van der Waals surface area contributed by atoms with Crippen LogP contribution in [0.2, 0.25) is 5.02 Å². The first-order valence-corrected chi connectivity index (χ1v) is 8.76. The fourth-order valence-electron chi connectivity index (χ4n) is 2.21. The number of thiazole rings is 1. The van der Waals surface area contributed by atoms with Crippen LogP contribution in [-0.4, -0.2) is 17.4 Å². The second-order valence-electron chi connectivity index (χ2n) is 5.35. The minimum Gasteiger partial charge on any atom is -0.376 e. The molecule has 0 saturated carbocycles. The summed E-state index contributed by atoms with van der Waals surface area (Å²) in [5.41, 5.74) is 1.77. The van der Waals surface area contributed by atoms with E-state index in [2.05, 4.69) is 15.6 Å². The summed E-state index contributed by atoms with van der Waals surface area (Å²) in [6.07, 6.45) is 2.45. The minimum absolute atomic E-state index is 0.0782. The molecule has 0 fully saturated rings. The molecule has 2 N–H and O–H groups in total. The van der Waals surface area contributed by atoms with Crippen LogP contribution in [0.5, 0.6) is 0 Å². The molecular weight excluding hydrogens is 361 g/mol. The Kier molecular flexibility index (Phi) is 5.63. The van der Waals surface area contributed by atoms with Gasteiger partial charge in [-0.05, 0) is 42.0 Å². The van der Waals surface area contributed by atoms with E-state index in [-0.39, 0.29) is 18.3 Å². The molecule has 25 heavy (non-hydrogen) atoms. The summed E-state index contributed by atoms with van der Waals surface area (Å²) in [5.74, 6) is -0.530. The number of carbonyl (C=O) groups excluding carboxylic acids is 1. The molecule has 128 valence electrons. The molecule has 0 aliphatic heterocycles. The lowest BCUT2D eigenvalue weighted by molar-refractivity contribution is -0.114. The number of aromatic nitrogens is 1. The number of benzene rings is 2. The Morgan fingerprint density at radius 3 is 2.76 bits per heavy atom. The highest BCUT2D eigenvalue weighted by molar-refractivity contribution is 7.15. The highest BCUT2D eigenvalue weighted by atomic mass is 35.5. The van der Waals surface area contributed by atoms with Crippen molar-refractivity contribution in [2.75, 3.05) is 17.2 Å². The lowest BCUT2D eigenvalue weighted by atomic mass is 10.1. The van der Waals surface area contributed by atoms with E-state index in [4.69, 9.17) is 11.6 Å². The van der Waals surface area contributed by atoms with E-state index in [0.29, 0.717) is 22.3 Å². The predicted octanol–water partition coefficient (Wildman–Crippen LogP) is 4.58. The van der Waals surface area contributed by atoms with Crippen molar-refractivity contribution in [1.82, 2.24) is 4.98 Å². The molecule has 0 aliphatic carbocycles. The van der Waals surface area contributed by atoms with Gasteiger partial charge in [-0.25, -0.2) is 9.37 Å². The largest absolute Gasteiger partial charge is 0.376 e. The van der Waals surface area contributed by atoms with Crippen LogP contribution in [0.4, 0.5) is 15.2 Å². The standard InChI is InChI=1S/C18H15ClFN3OS/c19-13-3-1-2-12(8-13)9-16-10-22-18(25-16)23-17(24)11-21-15-6-4-14(20)5-7-15/h1-8,10,21H,9,11H2,(H,22,23,24). The molecule has 4 nitrogen and oxygen atoms in total. The SMILES string of the molecule is O=C(CNc1ccc(F)cc1)Nc1ncc(Cc2cccc(Cl)c2)s1. The van der Waals surface area contributed by atoms with E-state index >= 15 is 0 Å². The second kappa shape index (κ2) is 8.09. The zero-order chi connectivity index (χ0) is 17.6. The quantitative estimate of drug-likeness (QED) is 0.663. The lowest BCUT2D eigenvalue weighted by Crippen LogP contribution is -2.21. The molecule has 0 radical (unpaired) electrons. The molecule has 0 bridgehead atoms. The zero-order valence-electron chi connectivity index (χ0n) is 13.1. The van der Waals surface area contributed by atoms with Crippen LogP contribution in [0.1, 0.15) is 10.4 Å². The van der Waals surface area contributed by atoms with Crippen LogP contribution in [0, 0.1) is 5.82 Å². The number of carbonyl (C=O) groups is 1. The van der Waals surface area contributed by atoms with Gasteiger partial charge in [0.05, 0.1) is 6.54 Å². The first kappa shape index (κ1) is 17.4. The van der Waals surface area contributed by atoms with Crippen LogP contribution < -0.4 is 10.6 Å². The Labute approximate surface area is 153 Å². The molecule has 0 aliphatic rings. The second-order valence-corrected chi connectivity index (χ2v) is 6.90. The van der Waals surface area contributed by atoms with Gasteiger partial charge in [-0.15, -0.1) is 11.3 Å². The maximum Gasteiger partial charge on any atom is 0.245 e. The normalized spacial score (nSPS) is 10.5. The smallest absolute Gasteiger partial charge is 0.245 e. The van der Waals surface area contributed by atoms with Gasteiger partial charge in [0.1, 0.15) is 5.82 Å². The predicted molar refractivity (Wildman–Crippen MR) is 99.9 cm³/mol. The number of anilines is 2. The number of rotatable bonds is 6. The Morgan fingerprint density at radius 2 is 2.00 bits per heavy atom. The summed E-state index contributed by atoms with van der Waals surface area (Å²) in [4.78, 5) is 17.2. The Hall–Kier alpha value is -2.44. The number of hydrogen-bond acceptors (Lipinski definition) is 4. The van der Waals surface area contributed by atoms with Crippen LogP contribution in [-0.2, 0) is 11.2 Å². The van der Waals surface area contributed by atoms with Crippen molar-refractivity contribution in [3.05, 3.63) is 76.0 Å². The average Bonchev–Trinajstić information content (AvgIpc) is 3.01. The maximum atomic E-state index is 12.8. The third-order valence-electron chi connectivity index (χ3n) is 3.36. The zero-order valence-corrected chi connectivity index (χ0v) is 14.7. The first-order chi connectivity index (χ1) is 12.1. The van der Waals surface area contributed by atoms with Crippen molar-refractivity contribution < 1.29 is 9.18 Å². The van der Waals surface area contributed by atoms with Crippen LogP contribution >= 0.6 is 22.9 Å².